The molecule has 10 atom stereocenters. The minimum atomic E-state index is -1.94. The smallest absolute Gasteiger partial charge is 0.239 e. The van der Waals surface area contributed by atoms with Crippen molar-refractivity contribution in [3.8, 4) is 40.1 Å². The van der Waals surface area contributed by atoms with Gasteiger partial charge in [0.15, 0.2) is 23.5 Å². The maximum absolute atomic E-state index is 13.8. The van der Waals surface area contributed by atoms with E-state index in [9.17, 15) is 50.8 Å². The molecule has 2 aromatic carbocycles. The molecule has 0 amide bonds. The van der Waals surface area contributed by atoms with Crippen LogP contribution in [0.3, 0.4) is 0 Å². The van der Waals surface area contributed by atoms with E-state index in [1.807, 2.05) is 0 Å². The van der Waals surface area contributed by atoms with Gasteiger partial charge in [0, 0.05) is 11.6 Å². The highest BCUT2D eigenvalue weighted by Crippen LogP contribution is 2.43. The molecule has 2 aliphatic heterocycles. The molecular formula is C28H32O16. The molecule has 2 fully saturated rings. The van der Waals surface area contributed by atoms with Gasteiger partial charge in [0.25, 0.3) is 0 Å². The zero-order valence-corrected chi connectivity index (χ0v) is 23.3. The van der Waals surface area contributed by atoms with Crippen LogP contribution in [0.1, 0.15) is 6.92 Å². The van der Waals surface area contributed by atoms with Crippen molar-refractivity contribution >= 4 is 11.0 Å². The highest BCUT2D eigenvalue weighted by molar-refractivity contribution is 5.91. The quantitative estimate of drug-likeness (QED) is 0.147. The molecule has 2 aliphatic rings. The van der Waals surface area contributed by atoms with E-state index in [2.05, 4.69) is 0 Å². The lowest BCUT2D eigenvalue weighted by Crippen LogP contribution is -2.61. The van der Waals surface area contributed by atoms with Crippen LogP contribution in [0.2, 0.25) is 0 Å². The van der Waals surface area contributed by atoms with Crippen LogP contribution >= 0.6 is 0 Å². The Kier molecular flexibility index (Phi) is 8.90. The van der Waals surface area contributed by atoms with Crippen molar-refractivity contribution in [3.05, 3.63) is 40.6 Å². The summed E-state index contributed by atoms with van der Waals surface area (Å²) in [4.78, 5) is 13.8. The monoisotopic (exact) mass is 624 g/mol. The molecule has 1 aromatic heterocycles. The Labute approximate surface area is 248 Å². The summed E-state index contributed by atoms with van der Waals surface area (Å²) < 4.78 is 33.0. The van der Waals surface area contributed by atoms with Crippen LogP contribution in [0.15, 0.2) is 39.5 Å². The van der Waals surface area contributed by atoms with E-state index in [0.717, 1.165) is 13.2 Å². The number of aliphatic hydroxyl groups excluding tert-OH is 6. The average molecular weight is 625 g/mol. The van der Waals surface area contributed by atoms with Crippen LogP contribution in [0.25, 0.3) is 22.3 Å². The molecule has 0 saturated carbocycles. The summed E-state index contributed by atoms with van der Waals surface area (Å²) >= 11 is 0. The summed E-state index contributed by atoms with van der Waals surface area (Å²) in [5.74, 6) is -2.78. The van der Waals surface area contributed by atoms with Crippen molar-refractivity contribution in [1.29, 1.82) is 0 Å². The third-order valence-electron chi connectivity index (χ3n) is 7.52. The van der Waals surface area contributed by atoms with Gasteiger partial charge >= 0.3 is 0 Å². The predicted molar refractivity (Wildman–Crippen MR) is 145 cm³/mol. The Hall–Kier alpha value is -3.71. The van der Waals surface area contributed by atoms with Gasteiger partial charge in [-0.05, 0) is 31.2 Å². The maximum Gasteiger partial charge on any atom is 0.239 e. The van der Waals surface area contributed by atoms with Crippen molar-refractivity contribution in [3.63, 3.8) is 0 Å². The molecule has 0 radical (unpaired) electrons. The molecule has 240 valence electrons. The molecule has 3 aromatic rings. The number of hydrogen-bond acceptors (Lipinski definition) is 16. The fourth-order valence-corrected chi connectivity index (χ4v) is 5.01. The maximum atomic E-state index is 13.8. The SMILES string of the molecule is COc1c(O)cc2oc(-c3ccc(O)cc3)c(O[C@@H]3O[C@H](CO[C@@H]4O[C@@H](C)[C@@H](O)[C@@H](O)[C@H]4O)[C@@H](O)[C@H](O)[C@H]3O)c(=O)c2c1O. The molecule has 16 nitrogen and oxygen atoms in total. The Morgan fingerprint density at radius 3 is 2.09 bits per heavy atom. The van der Waals surface area contributed by atoms with Gasteiger partial charge in [-0.3, -0.25) is 4.79 Å². The minimum absolute atomic E-state index is 0.117. The van der Waals surface area contributed by atoms with Gasteiger partial charge in [0.1, 0.15) is 59.4 Å². The molecule has 44 heavy (non-hydrogen) atoms. The predicted octanol–water partition coefficient (Wildman–Crippen LogP) is -1.38. The molecular weight excluding hydrogens is 592 g/mol. The van der Waals surface area contributed by atoms with Gasteiger partial charge < -0.3 is 74.1 Å². The fourth-order valence-electron chi connectivity index (χ4n) is 5.01. The van der Waals surface area contributed by atoms with Gasteiger partial charge in [0.05, 0.1) is 19.8 Å². The van der Waals surface area contributed by atoms with Crippen LogP contribution in [-0.4, -0.2) is 121 Å². The number of aromatic hydroxyl groups is 3. The van der Waals surface area contributed by atoms with Gasteiger partial charge in [-0.2, -0.15) is 0 Å². The van der Waals surface area contributed by atoms with Crippen LogP contribution in [0.4, 0.5) is 0 Å². The highest BCUT2D eigenvalue weighted by atomic mass is 16.7. The molecule has 16 heteroatoms. The minimum Gasteiger partial charge on any atom is -0.508 e. The lowest BCUT2D eigenvalue weighted by molar-refractivity contribution is -0.318. The second-order valence-corrected chi connectivity index (χ2v) is 10.4. The van der Waals surface area contributed by atoms with E-state index < -0.39 is 102 Å². The van der Waals surface area contributed by atoms with Crippen LogP contribution < -0.4 is 14.9 Å². The zero-order valence-electron chi connectivity index (χ0n) is 23.3. The number of aliphatic hydroxyl groups is 6. The number of benzene rings is 2. The molecule has 0 aliphatic carbocycles. The molecule has 3 heterocycles. The Morgan fingerprint density at radius 1 is 0.795 bits per heavy atom. The second kappa shape index (κ2) is 12.4. The third kappa shape index (κ3) is 5.63. The first-order valence-corrected chi connectivity index (χ1v) is 13.4. The van der Waals surface area contributed by atoms with E-state index in [-0.39, 0.29) is 22.7 Å². The Bertz CT molecular complexity index is 1540. The Balaban J connectivity index is 1.49. The van der Waals surface area contributed by atoms with E-state index in [0.29, 0.717) is 0 Å². The highest BCUT2D eigenvalue weighted by Gasteiger charge is 2.48. The van der Waals surface area contributed by atoms with Crippen molar-refractivity contribution in [2.75, 3.05) is 13.7 Å². The summed E-state index contributed by atoms with van der Waals surface area (Å²) in [5, 5.41) is 92.3. The number of hydrogen-bond donors (Lipinski definition) is 9. The van der Waals surface area contributed by atoms with Gasteiger partial charge in [-0.15, -0.1) is 0 Å². The summed E-state index contributed by atoms with van der Waals surface area (Å²) in [6.45, 7) is 0.845. The van der Waals surface area contributed by atoms with Crippen molar-refractivity contribution < 1.29 is 74.1 Å². The first kappa shape index (κ1) is 31.7. The number of rotatable bonds is 7. The molecule has 2 saturated heterocycles. The van der Waals surface area contributed by atoms with Crippen molar-refractivity contribution in [2.24, 2.45) is 0 Å². The van der Waals surface area contributed by atoms with Crippen LogP contribution in [0, 0.1) is 0 Å². The number of phenolic OH excluding ortho intramolecular Hbond substituents is 3. The Morgan fingerprint density at radius 2 is 1.43 bits per heavy atom. The second-order valence-electron chi connectivity index (χ2n) is 10.4. The summed E-state index contributed by atoms with van der Waals surface area (Å²) in [7, 11) is 1.15. The first-order valence-electron chi connectivity index (χ1n) is 13.4. The third-order valence-corrected chi connectivity index (χ3v) is 7.52. The van der Waals surface area contributed by atoms with Crippen LogP contribution in [-0.2, 0) is 14.2 Å². The van der Waals surface area contributed by atoms with E-state index >= 15 is 0 Å². The van der Waals surface area contributed by atoms with E-state index in [4.69, 9.17) is 28.1 Å². The molecule has 5 rings (SSSR count). The molecule has 0 unspecified atom stereocenters. The van der Waals surface area contributed by atoms with Gasteiger partial charge in [0.2, 0.25) is 23.2 Å². The summed E-state index contributed by atoms with van der Waals surface area (Å²) in [5.41, 5.74) is -1.11. The fraction of sp³-hybridized carbons (Fsp3) is 0.464. The zero-order chi connectivity index (χ0) is 32.0. The first-order chi connectivity index (χ1) is 20.8. The molecule has 0 spiro atoms. The van der Waals surface area contributed by atoms with Gasteiger partial charge in [-0.25, -0.2) is 0 Å². The largest absolute Gasteiger partial charge is 0.508 e. The summed E-state index contributed by atoms with van der Waals surface area (Å²) in [6.07, 6.45) is -16.0. The standard InChI is InChI=1S/C28H32O16/c1-9-16(31)20(35)22(37)27(41-9)40-8-14-17(32)21(36)23(38)28(43-14)44-26-19(34)15-13(7-12(30)25(39-2)18(15)33)42-24(26)10-3-5-11(29)6-4-10/h3-7,9,14,16-17,20-23,27-33,35-38H,8H2,1-2H3/t9-,14+,16+,17+,20+,21-,22+,23+,27+,28-/m0/s1. The van der Waals surface area contributed by atoms with Crippen LogP contribution in [0.5, 0.6) is 28.7 Å². The molecule has 0 bridgehead atoms. The van der Waals surface area contributed by atoms with Crippen molar-refractivity contribution in [1.82, 2.24) is 0 Å². The average Bonchev–Trinajstić information content (AvgIpc) is 2.99. The number of ether oxygens (including phenoxy) is 5. The van der Waals surface area contributed by atoms with Crippen molar-refractivity contribution in [2.45, 2.75) is 68.3 Å². The lowest BCUT2D eigenvalue weighted by atomic mass is 9.98. The normalized spacial score (nSPS) is 32.5. The summed E-state index contributed by atoms with van der Waals surface area (Å²) in [6, 6.07) is 6.32. The molecule has 9 N–H and O–H groups in total. The van der Waals surface area contributed by atoms with Gasteiger partial charge in [-0.1, -0.05) is 0 Å². The topological polar surface area (TPSA) is 258 Å². The number of fused-ring (bicyclic) bond motifs is 1. The van der Waals surface area contributed by atoms with E-state index in [1.54, 1.807) is 0 Å². The lowest BCUT2D eigenvalue weighted by Gasteiger charge is -2.42. The number of methoxy groups -OCH3 is 1. The number of phenols is 3. The van der Waals surface area contributed by atoms with E-state index in [1.165, 1.54) is 31.2 Å².